The van der Waals surface area contributed by atoms with Gasteiger partial charge in [0.2, 0.25) is 11.8 Å². The highest BCUT2D eigenvalue weighted by Gasteiger charge is 2.45. The highest BCUT2D eigenvalue weighted by atomic mass is 19.4. The van der Waals surface area contributed by atoms with Gasteiger partial charge in [-0.1, -0.05) is 0 Å². The number of anilines is 1. The number of carbonyl (C=O) groups is 1. The summed E-state index contributed by atoms with van der Waals surface area (Å²) >= 11 is 0. The van der Waals surface area contributed by atoms with E-state index in [0.717, 1.165) is 7.05 Å². The number of aromatic nitrogens is 2. The van der Waals surface area contributed by atoms with Crippen LogP contribution in [0.3, 0.4) is 0 Å². The van der Waals surface area contributed by atoms with Crippen LogP contribution < -0.4 is 5.32 Å². The largest absolute Gasteiger partial charge is 0.433 e. The molecular formula is C20H16F5N5O. The molecule has 0 bridgehead atoms. The highest BCUT2D eigenvalue weighted by Crippen LogP contribution is 2.46. The predicted octanol–water partition coefficient (Wildman–Crippen LogP) is 4.34. The Hall–Kier alpha value is -3.47. The predicted molar refractivity (Wildman–Crippen MR) is 97.7 cm³/mol. The minimum Gasteiger partial charge on any atom is -0.309 e. The van der Waals surface area contributed by atoms with Crippen LogP contribution in [0.25, 0.3) is 0 Å². The molecule has 0 unspecified atom stereocenters. The summed E-state index contributed by atoms with van der Waals surface area (Å²) in [5.41, 5.74) is -0.796. The van der Waals surface area contributed by atoms with Crippen LogP contribution in [-0.2, 0) is 18.0 Å². The molecule has 31 heavy (non-hydrogen) atoms. The van der Waals surface area contributed by atoms with Crippen molar-refractivity contribution in [2.75, 3.05) is 5.32 Å². The van der Waals surface area contributed by atoms with Gasteiger partial charge in [0, 0.05) is 26.0 Å². The summed E-state index contributed by atoms with van der Waals surface area (Å²) in [6, 6.07) is 8.27. The standard InChI is InChI=1S/C20H16F5N5O/c1-30-15(20(23,24)25)7-16(29-30)28-18(31)17(13-2-3-19(21,22)8-13)14-5-11(9-26)4-12(6-14)10-27/h4-7,13,17H,2-3,8H2,1H3,(H,28,29,31)/t13-,17-/m1/s1. The molecule has 11 heteroatoms. The Balaban J connectivity index is 1.99. The molecule has 2 aromatic rings. The number of benzene rings is 1. The molecule has 1 aliphatic carbocycles. The smallest absolute Gasteiger partial charge is 0.309 e. The fourth-order valence-electron chi connectivity index (χ4n) is 3.86. The van der Waals surface area contributed by atoms with Gasteiger partial charge in [-0.15, -0.1) is 0 Å². The van der Waals surface area contributed by atoms with Crippen molar-refractivity contribution in [2.24, 2.45) is 13.0 Å². The van der Waals surface area contributed by atoms with Gasteiger partial charge in [-0.25, -0.2) is 8.78 Å². The van der Waals surface area contributed by atoms with Gasteiger partial charge in [0.1, 0.15) is 5.69 Å². The highest BCUT2D eigenvalue weighted by molar-refractivity contribution is 5.95. The maximum atomic E-state index is 13.9. The zero-order valence-electron chi connectivity index (χ0n) is 16.2. The van der Waals surface area contributed by atoms with Gasteiger partial charge in [-0.05, 0) is 36.1 Å². The third-order valence-corrected chi connectivity index (χ3v) is 5.19. The summed E-state index contributed by atoms with van der Waals surface area (Å²) in [6.45, 7) is 0. The SMILES string of the molecule is Cn1nc(NC(=O)[C@@H](c2cc(C#N)cc(C#N)c2)[C@@H]2CCC(F)(F)C2)cc1C(F)(F)F. The normalized spacial score (nSPS) is 18.8. The molecule has 0 saturated heterocycles. The van der Waals surface area contributed by atoms with E-state index in [1.807, 2.05) is 12.1 Å². The first kappa shape index (κ1) is 22.2. The second-order valence-electron chi connectivity index (χ2n) is 7.43. The number of hydrogen-bond donors (Lipinski definition) is 1. The fourth-order valence-corrected chi connectivity index (χ4v) is 3.86. The lowest BCUT2D eigenvalue weighted by Gasteiger charge is -2.23. The molecule has 0 aliphatic heterocycles. The molecule has 1 N–H and O–H groups in total. The van der Waals surface area contributed by atoms with E-state index in [0.29, 0.717) is 10.7 Å². The first-order valence-corrected chi connectivity index (χ1v) is 9.18. The number of aryl methyl sites for hydroxylation is 1. The Morgan fingerprint density at radius 2 is 1.84 bits per heavy atom. The van der Waals surface area contributed by atoms with E-state index in [2.05, 4.69) is 10.4 Å². The Morgan fingerprint density at radius 3 is 2.29 bits per heavy atom. The Kier molecular flexibility index (Phi) is 5.72. The summed E-state index contributed by atoms with van der Waals surface area (Å²) in [5, 5.41) is 24.3. The van der Waals surface area contributed by atoms with Gasteiger partial charge in [0.15, 0.2) is 5.82 Å². The number of alkyl halides is 5. The van der Waals surface area contributed by atoms with Crippen molar-refractivity contribution < 1.29 is 26.7 Å². The number of amides is 1. The van der Waals surface area contributed by atoms with Crippen molar-refractivity contribution in [1.82, 2.24) is 9.78 Å². The van der Waals surface area contributed by atoms with Crippen molar-refractivity contribution in [3.05, 3.63) is 46.6 Å². The zero-order valence-corrected chi connectivity index (χ0v) is 16.2. The molecule has 1 saturated carbocycles. The summed E-state index contributed by atoms with van der Waals surface area (Å²) in [4.78, 5) is 13.0. The number of halogens is 5. The van der Waals surface area contributed by atoms with Crippen LogP contribution in [0, 0.1) is 28.6 Å². The van der Waals surface area contributed by atoms with Crippen LogP contribution in [-0.4, -0.2) is 21.6 Å². The van der Waals surface area contributed by atoms with Crippen LogP contribution in [0.15, 0.2) is 24.3 Å². The number of carbonyl (C=O) groups excluding carboxylic acids is 1. The van der Waals surface area contributed by atoms with Gasteiger partial charge >= 0.3 is 6.18 Å². The lowest BCUT2D eigenvalue weighted by Crippen LogP contribution is -2.28. The minimum absolute atomic E-state index is 0.000224. The number of nitrogens with zero attached hydrogens (tertiary/aromatic N) is 4. The average Bonchev–Trinajstić information content (AvgIpc) is 3.22. The molecule has 0 radical (unpaired) electrons. The van der Waals surface area contributed by atoms with E-state index in [1.165, 1.54) is 18.2 Å². The number of hydrogen-bond acceptors (Lipinski definition) is 4. The van der Waals surface area contributed by atoms with Crippen LogP contribution >= 0.6 is 0 Å². The Bertz CT molecular complexity index is 1060. The number of nitriles is 2. The summed E-state index contributed by atoms with van der Waals surface area (Å²) in [7, 11) is 1.06. The molecule has 1 aromatic carbocycles. The molecule has 162 valence electrons. The molecule has 1 fully saturated rings. The van der Waals surface area contributed by atoms with Crippen LogP contribution in [0.5, 0.6) is 0 Å². The van der Waals surface area contributed by atoms with E-state index in [4.69, 9.17) is 0 Å². The second-order valence-corrected chi connectivity index (χ2v) is 7.43. The molecule has 1 heterocycles. The second kappa shape index (κ2) is 7.99. The fraction of sp³-hybridized carbons (Fsp3) is 0.400. The van der Waals surface area contributed by atoms with E-state index in [-0.39, 0.29) is 28.9 Å². The quantitative estimate of drug-likeness (QED) is 0.720. The van der Waals surface area contributed by atoms with Crippen LogP contribution in [0.2, 0.25) is 0 Å². The zero-order chi connectivity index (χ0) is 23.0. The van der Waals surface area contributed by atoms with E-state index < -0.39 is 48.4 Å². The monoisotopic (exact) mass is 437 g/mol. The Labute approximate surface area is 173 Å². The van der Waals surface area contributed by atoms with Gasteiger partial charge in [-0.3, -0.25) is 9.48 Å². The first-order chi connectivity index (χ1) is 14.4. The Morgan fingerprint density at radius 1 is 1.23 bits per heavy atom. The molecule has 1 aliphatic rings. The maximum Gasteiger partial charge on any atom is 0.433 e. The average molecular weight is 437 g/mol. The molecule has 6 nitrogen and oxygen atoms in total. The van der Waals surface area contributed by atoms with Crippen molar-refractivity contribution in [3.8, 4) is 12.1 Å². The van der Waals surface area contributed by atoms with Crippen molar-refractivity contribution in [2.45, 2.75) is 37.3 Å². The molecule has 1 amide bonds. The van der Waals surface area contributed by atoms with Crippen LogP contribution in [0.1, 0.15) is 47.6 Å². The summed E-state index contributed by atoms with van der Waals surface area (Å²) < 4.78 is 67.3. The number of nitrogens with one attached hydrogen (secondary N) is 1. The maximum absolute atomic E-state index is 13.9. The van der Waals surface area contributed by atoms with Gasteiger partial charge in [-0.2, -0.15) is 28.8 Å². The van der Waals surface area contributed by atoms with Gasteiger partial charge in [0.25, 0.3) is 0 Å². The van der Waals surface area contributed by atoms with E-state index in [1.54, 1.807) is 0 Å². The molecular weight excluding hydrogens is 421 g/mol. The van der Waals surface area contributed by atoms with E-state index >= 15 is 0 Å². The van der Waals surface area contributed by atoms with Crippen molar-refractivity contribution in [1.29, 1.82) is 10.5 Å². The van der Waals surface area contributed by atoms with Crippen molar-refractivity contribution >= 4 is 11.7 Å². The molecule has 1 aromatic heterocycles. The van der Waals surface area contributed by atoms with E-state index in [9.17, 15) is 37.3 Å². The summed E-state index contributed by atoms with van der Waals surface area (Å²) in [6.07, 6.45) is -5.73. The van der Waals surface area contributed by atoms with Crippen LogP contribution in [0.4, 0.5) is 27.8 Å². The lowest BCUT2D eigenvalue weighted by atomic mass is 9.82. The third kappa shape index (κ3) is 4.82. The van der Waals surface area contributed by atoms with Gasteiger partial charge < -0.3 is 5.32 Å². The first-order valence-electron chi connectivity index (χ1n) is 9.18. The topological polar surface area (TPSA) is 94.5 Å². The molecule has 0 spiro atoms. The van der Waals surface area contributed by atoms with Crippen molar-refractivity contribution in [3.63, 3.8) is 0 Å². The molecule has 2 atom stereocenters. The summed E-state index contributed by atoms with van der Waals surface area (Å²) in [5.74, 6) is -6.24. The molecule has 3 rings (SSSR count). The third-order valence-electron chi connectivity index (χ3n) is 5.19. The van der Waals surface area contributed by atoms with Gasteiger partial charge in [0.05, 0.1) is 29.2 Å². The lowest BCUT2D eigenvalue weighted by molar-refractivity contribution is -0.143. The number of rotatable bonds is 4. The minimum atomic E-state index is -4.69.